The Labute approximate surface area is 146 Å². The summed E-state index contributed by atoms with van der Waals surface area (Å²) < 4.78 is 5.25. The van der Waals surface area contributed by atoms with Gasteiger partial charge in [-0.2, -0.15) is 0 Å². The Balaban J connectivity index is 3.14. The van der Waals surface area contributed by atoms with E-state index in [1.165, 1.54) is 14.0 Å². The van der Waals surface area contributed by atoms with Gasteiger partial charge in [-0.1, -0.05) is 23.2 Å². The SMILES string of the molecule is CN(C(=O)OC(C)(C)C)C(C)(Cc1cc(Cl)ccc1Cl)C(=O)O. The second-order valence-corrected chi connectivity index (χ2v) is 7.37. The highest BCUT2D eigenvalue weighted by Gasteiger charge is 2.42. The zero-order valence-electron chi connectivity index (χ0n) is 13.8. The molecule has 128 valence electrons. The molecule has 0 aliphatic carbocycles. The first kappa shape index (κ1) is 19.6. The van der Waals surface area contributed by atoms with Crippen LogP contribution in [0.4, 0.5) is 4.79 Å². The summed E-state index contributed by atoms with van der Waals surface area (Å²) in [5, 5.41) is 10.5. The number of benzene rings is 1. The quantitative estimate of drug-likeness (QED) is 0.870. The van der Waals surface area contributed by atoms with Gasteiger partial charge in [-0.05, 0) is 51.5 Å². The maximum atomic E-state index is 12.2. The highest BCUT2D eigenvalue weighted by atomic mass is 35.5. The lowest BCUT2D eigenvalue weighted by Crippen LogP contribution is -2.55. The number of likely N-dealkylation sites (N-methyl/N-ethyl adjacent to an activating group) is 1. The number of amides is 1. The monoisotopic (exact) mass is 361 g/mol. The van der Waals surface area contributed by atoms with Crippen molar-refractivity contribution in [3.8, 4) is 0 Å². The predicted molar refractivity (Wildman–Crippen MR) is 90.2 cm³/mol. The van der Waals surface area contributed by atoms with Gasteiger partial charge in [-0.25, -0.2) is 9.59 Å². The van der Waals surface area contributed by atoms with Crippen LogP contribution in [0.3, 0.4) is 0 Å². The van der Waals surface area contributed by atoms with Gasteiger partial charge in [0.05, 0.1) is 0 Å². The lowest BCUT2D eigenvalue weighted by Gasteiger charge is -2.36. The van der Waals surface area contributed by atoms with Gasteiger partial charge in [0.2, 0.25) is 0 Å². The maximum absolute atomic E-state index is 12.2. The summed E-state index contributed by atoms with van der Waals surface area (Å²) in [7, 11) is 1.39. The summed E-state index contributed by atoms with van der Waals surface area (Å²) in [5.41, 5.74) is -1.71. The van der Waals surface area contributed by atoms with E-state index >= 15 is 0 Å². The molecule has 1 aromatic rings. The molecule has 1 aromatic carbocycles. The number of carboxylic acid groups (broad SMARTS) is 1. The third-order valence-corrected chi connectivity index (χ3v) is 4.01. The number of rotatable bonds is 4. The normalized spacial score (nSPS) is 14.0. The van der Waals surface area contributed by atoms with Crippen molar-refractivity contribution in [3.05, 3.63) is 33.8 Å². The molecule has 0 aromatic heterocycles. The van der Waals surface area contributed by atoms with E-state index in [1.54, 1.807) is 39.0 Å². The number of carboxylic acids is 1. The van der Waals surface area contributed by atoms with E-state index in [0.29, 0.717) is 15.6 Å². The molecule has 0 heterocycles. The van der Waals surface area contributed by atoms with Crippen LogP contribution in [0.1, 0.15) is 33.3 Å². The number of hydrogen-bond acceptors (Lipinski definition) is 3. The van der Waals surface area contributed by atoms with Crippen molar-refractivity contribution in [2.75, 3.05) is 7.05 Å². The molecule has 1 unspecified atom stereocenters. The molecular formula is C16H21Cl2NO4. The Morgan fingerprint density at radius 3 is 2.26 bits per heavy atom. The molecule has 1 amide bonds. The Kier molecular flexibility index (Phi) is 5.94. The Morgan fingerprint density at radius 2 is 1.78 bits per heavy atom. The number of carbonyl (C=O) groups excluding carboxylic acids is 1. The van der Waals surface area contributed by atoms with E-state index in [-0.39, 0.29) is 6.42 Å². The molecule has 0 bridgehead atoms. The lowest BCUT2D eigenvalue weighted by molar-refractivity contribution is -0.149. The standard InChI is InChI=1S/C16H21Cl2NO4/c1-15(2,3)23-14(22)19(5)16(4,13(20)21)9-10-8-11(17)6-7-12(10)18/h6-8H,9H2,1-5H3,(H,20,21). The minimum Gasteiger partial charge on any atom is -0.479 e. The van der Waals surface area contributed by atoms with Crippen molar-refractivity contribution in [3.63, 3.8) is 0 Å². The van der Waals surface area contributed by atoms with Gasteiger partial charge < -0.3 is 9.84 Å². The second kappa shape index (κ2) is 6.97. The summed E-state index contributed by atoms with van der Waals surface area (Å²) in [6, 6.07) is 4.80. The molecule has 0 spiro atoms. The Bertz CT molecular complexity index is 613. The van der Waals surface area contributed by atoms with Crippen LogP contribution in [-0.4, -0.2) is 40.3 Å². The van der Waals surface area contributed by atoms with Crippen molar-refractivity contribution >= 4 is 35.3 Å². The van der Waals surface area contributed by atoms with E-state index in [1.807, 2.05) is 0 Å². The number of nitrogens with zero attached hydrogens (tertiary/aromatic N) is 1. The summed E-state index contributed by atoms with van der Waals surface area (Å²) in [4.78, 5) is 25.1. The maximum Gasteiger partial charge on any atom is 0.410 e. The average Bonchev–Trinajstić information content (AvgIpc) is 2.39. The smallest absolute Gasteiger partial charge is 0.410 e. The van der Waals surface area contributed by atoms with Gasteiger partial charge in [0, 0.05) is 23.5 Å². The van der Waals surface area contributed by atoms with Crippen LogP contribution < -0.4 is 0 Å². The number of ether oxygens (including phenoxy) is 1. The summed E-state index contributed by atoms with van der Waals surface area (Å²) in [6.45, 7) is 6.58. The molecule has 0 radical (unpaired) electrons. The summed E-state index contributed by atoms with van der Waals surface area (Å²) in [5.74, 6) is -1.16. The van der Waals surface area contributed by atoms with Crippen LogP contribution in [0.2, 0.25) is 10.0 Å². The Morgan fingerprint density at radius 1 is 1.22 bits per heavy atom. The van der Waals surface area contributed by atoms with Crippen molar-refractivity contribution in [1.82, 2.24) is 4.90 Å². The van der Waals surface area contributed by atoms with E-state index in [4.69, 9.17) is 27.9 Å². The number of hydrogen-bond donors (Lipinski definition) is 1. The van der Waals surface area contributed by atoms with E-state index in [0.717, 1.165) is 4.90 Å². The molecule has 1 atom stereocenters. The molecule has 0 fully saturated rings. The molecule has 23 heavy (non-hydrogen) atoms. The van der Waals surface area contributed by atoms with Crippen molar-refractivity contribution in [2.24, 2.45) is 0 Å². The predicted octanol–water partition coefficient (Wildman–Crippen LogP) is 4.25. The number of aliphatic carboxylic acids is 1. The van der Waals surface area contributed by atoms with Gasteiger partial charge in [-0.3, -0.25) is 4.90 Å². The first-order valence-corrected chi connectivity index (χ1v) is 7.76. The largest absolute Gasteiger partial charge is 0.479 e. The molecule has 1 N–H and O–H groups in total. The number of halogens is 2. The van der Waals surface area contributed by atoms with E-state index in [2.05, 4.69) is 0 Å². The second-order valence-electron chi connectivity index (χ2n) is 6.53. The topological polar surface area (TPSA) is 66.8 Å². The fourth-order valence-corrected chi connectivity index (χ4v) is 2.30. The lowest BCUT2D eigenvalue weighted by atomic mass is 9.91. The molecule has 0 saturated carbocycles. The first-order valence-electron chi connectivity index (χ1n) is 7.01. The minimum atomic E-state index is -1.53. The zero-order chi connectivity index (χ0) is 18.0. The Hall–Kier alpha value is -1.46. The van der Waals surface area contributed by atoms with Crippen LogP contribution in [0.5, 0.6) is 0 Å². The molecule has 0 aliphatic heterocycles. The summed E-state index contributed by atoms with van der Waals surface area (Å²) in [6.07, 6.45) is -0.724. The van der Waals surface area contributed by atoms with Gasteiger partial charge in [-0.15, -0.1) is 0 Å². The highest BCUT2D eigenvalue weighted by Crippen LogP contribution is 2.28. The molecule has 1 rings (SSSR count). The van der Waals surface area contributed by atoms with Crippen LogP contribution in [0, 0.1) is 0 Å². The number of carbonyl (C=O) groups is 2. The molecule has 5 nitrogen and oxygen atoms in total. The van der Waals surface area contributed by atoms with Gasteiger partial charge in [0.15, 0.2) is 0 Å². The van der Waals surface area contributed by atoms with Gasteiger partial charge in [0.1, 0.15) is 11.1 Å². The highest BCUT2D eigenvalue weighted by molar-refractivity contribution is 6.33. The van der Waals surface area contributed by atoms with E-state index < -0.39 is 23.2 Å². The fourth-order valence-electron chi connectivity index (χ4n) is 1.92. The minimum absolute atomic E-state index is 0.00251. The summed E-state index contributed by atoms with van der Waals surface area (Å²) >= 11 is 12.1. The van der Waals surface area contributed by atoms with Crippen molar-refractivity contribution < 1.29 is 19.4 Å². The van der Waals surface area contributed by atoms with Crippen LogP contribution in [-0.2, 0) is 16.0 Å². The van der Waals surface area contributed by atoms with Crippen LogP contribution in [0.25, 0.3) is 0 Å². The van der Waals surface area contributed by atoms with Gasteiger partial charge >= 0.3 is 12.1 Å². The molecule has 0 aliphatic rings. The molecule has 0 saturated heterocycles. The zero-order valence-corrected chi connectivity index (χ0v) is 15.3. The molecular weight excluding hydrogens is 341 g/mol. The third kappa shape index (κ3) is 5.01. The van der Waals surface area contributed by atoms with E-state index in [9.17, 15) is 14.7 Å². The first-order chi connectivity index (χ1) is 10.4. The molecule has 7 heteroatoms. The van der Waals surface area contributed by atoms with Crippen LogP contribution in [0.15, 0.2) is 18.2 Å². The van der Waals surface area contributed by atoms with Crippen molar-refractivity contribution in [2.45, 2.75) is 45.3 Å². The van der Waals surface area contributed by atoms with Crippen LogP contribution >= 0.6 is 23.2 Å². The fraction of sp³-hybridized carbons (Fsp3) is 0.500. The van der Waals surface area contributed by atoms with Gasteiger partial charge in [0.25, 0.3) is 0 Å². The third-order valence-electron chi connectivity index (χ3n) is 3.41. The average molecular weight is 362 g/mol. The van der Waals surface area contributed by atoms with Crippen molar-refractivity contribution in [1.29, 1.82) is 0 Å².